The molecule has 0 bridgehead atoms. The van der Waals surface area contributed by atoms with Crippen LogP contribution in [0.1, 0.15) is 33.1 Å². The smallest absolute Gasteiger partial charge is 0.256 e. The molecule has 2 aliphatic rings. The van der Waals surface area contributed by atoms with Crippen LogP contribution in [0.4, 0.5) is 0 Å². The first kappa shape index (κ1) is 19.5. The van der Waals surface area contributed by atoms with Gasteiger partial charge < -0.3 is 10.6 Å². The molecule has 8 heteroatoms. The van der Waals surface area contributed by atoms with Crippen LogP contribution in [0.2, 0.25) is 0 Å². The van der Waals surface area contributed by atoms with Crippen molar-refractivity contribution >= 4 is 35.4 Å². The highest BCUT2D eigenvalue weighted by Gasteiger charge is 2.32. The normalized spacial score (nSPS) is 17.8. The quantitative estimate of drug-likeness (QED) is 0.577. The largest absolute Gasteiger partial charge is 0.355 e. The third kappa shape index (κ3) is 5.32. The Kier molecular flexibility index (Phi) is 7.04. The zero-order valence-corrected chi connectivity index (χ0v) is 15.5. The molecule has 0 unspecified atom stereocenters. The third-order valence-corrected chi connectivity index (χ3v) is 5.56. The average molecular weight is 367 g/mol. The summed E-state index contributed by atoms with van der Waals surface area (Å²) in [5, 5.41) is 5.55. The first-order chi connectivity index (χ1) is 11.9. The molecule has 1 saturated carbocycles. The monoisotopic (exact) mass is 367 g/mol. The van der Waals surface area contributed by atoms with Gasteiger partial charge in [0.2, 0.25) is 11.8 Å². The van der Waals surface area contributed by atoms with E-state index in [9.17, 15) is 19.2 Å². The minimum Gasteiger partial charge on any atom is -0.355 e. The van der Waals surface area contributed by atoms with Crippen LogP contribution in [0.15, 0.2) is 11.1 Å². The molecule has 1 aliphatic heterocycles. The molecule has 0 aromatic heterocycles. The number of rotatable bonds is 9. The van der Waals surface area contributed by atoms with Crippen molar-refractivity contribution in [1.29, 1.82) is 0 Å². The van der Waals surface area contributed by atoms with E-state index >= 15 is 0 Å². The van der Waals surface area contributed by atoms with Crippen molar-refractivity contribution in [1.82, 2.24) is 15.5 Å². The second kappa shape index (κ2) is 9.03. The Labute approximate surface area is 152 Å². The van der Waals surface area contributed by atoms with E-state index in [-0.39, 0.29) is 48.2 Å². The summed E-state index contributed by atoms with van der Waals surface area (Å²) in [5.41, 5.74) is 0.916. The Morgan fingerprint density at radius 2 is 1.60 bits per heavy atom. The molecule has 2 rings (SSSR count). The van der Waals surface area contributed by atoms with Crippen LogP contribution in [0, 0.1) is 5.92 Å². The summed E-state index contributed by atoms with van der Waals surface area (Å²) in [6.07, 6.45) is 3.62. The highest BCUT2D eigenvalue weighted by molar-refractivity contribution is 8.00. The molecule has 0 radical (unpaired) electrons. The van der Waals surface area contributed by atoms with Crippen LogP contribution in [0.5, 0.6) is 0 Å². The topological polar surface area (TPSA) is 95.6 Å². The number of carbonyl (C=O) groups is 4. The summed E-state index contributed by atoms with van der Waals surface area (Å²) in [6.45, 7) is 4.36. The lowest BCUT2D eigenvalue weighted by atomic mass is 9.85. The summed E-state index contributed by atoms with van der Waals surface area (Å²) in [6, 6.07) is 0. The highest BCUT2D eigenvalue weighted by Crippen LogP contribution is 2.25. The molecule has 1 aliphatic carbocycles. The van der Waals surface area contributed by atoms with Gasteiger partial charge in [-0.15, -0.1) is 11.8 Å². The summed E-state index contributed by atoms with van der Waals surface area (Å²) in [4.78, 5) is 48.3. The molecule has 0 spiro atoms. The fraction of sp³-hybridized carbons (Fsp3) is 0.647. The molecule has 25 heavy (non-hydrogen) atoms. The van der Waals surface area contributed by atoms with Gasteiger partial charge in [-0.2, -0.15) is 0 Å². The Balaban J connectivity index is 1.54. The van der Waals surface area contributed by atoms with E-state index in [2.05, 4.69) is 10.6 Å². The number of hydrogen-bond donors (Lipinski definition) is 2. The Bertz CT molecular complexity index is 575. The molecule has 7 nitrogen and oxygen atoms in total. The van der Waals surface area contributed by atoms with Gasteiger partial charge in [0, 0.05) is 30.8 Å². The van der Waals surface area contributed by atoms with Gasteiger partial charge in [-0.05, 0) is 32.6 Å². The van der Waals surface area contributed by atoms with Crippen molar-refractivity contribution in [2.45, 2.75) is 33.1 Å². The zero-order valence-electron chi connectivity index (χ0n) is 14.7. The first-order valence-electron chi connectivity index (χ1n) is 8.55. The number of imide groups is 1. The van der Waals surface area contributed by atoms with E-state index in [1.54, 1.807) is 13.8 Å². The number of nitrogens with one attached hydrogen (secondary N) is 2. The molecular formula is C17H25N3O4S. The van der Waals surface area contributed by atoms with Crippen molar-refractivity contribution in [2.75, 3.05) is 31.1 Å². The van der Waals surface area contributed by atoms with Gasteiger partial charge in [0.15, 0.2) is 0 Å². The molecule has 4 amide bonds. The molecule has 0 atom stereocenters. The Morgan fingerprint density at radius 3 is 2.12 bits per heavy atom. The Hall–Kier alpha value is -1.83. The Morgan fingerprint density at radius 1 is 1.04 bits per heavy atom. The maximum atomic E-state index is 11.9. The molecule has 0 saturated heterocycles. The lowest BCUT2D eigenvalue weighted by Gasteiger charge is -2.25. The molecule has 1 heterocycles. The van der Waals surface area contributed by atoms with Crippen LogP contribution >= 0.6 is 11.8 Å². The summed E-state index contributed by atoms with van der Waals surface area (Å²) in [5.74, 6) is 0.200. The number of thioether (sulfide) groups is 1. The van der Waals surface area contributed by atoms with Crippen molar-refractivity contribution in [2.24, 2.45) is 5.92 Å². The molecule has 0 aromatic carbocycles. The molecule has 138 valence electrons. The highest BCUT2D eigenvalue weighted by atomic mass is 32.2. The van der Waals surface area contributed by atoms with Gasteiger partial charge in [0.25, 0.3) is 11.8 Å². The van der Waals surface area contributed by atoms with Crippen molar-refractivity contribution < 1.29 is 19.2 Å². The fourth-order valence-corrected chi connectivity index (χ4v) is 3.30. The van der Waals surface area contributed by atoms with Crippen molar-refractivity contribution in [3.8, 4) is 0 Å². The maximum absolute atomic E-state index is 11.9. The van der Waals surface area contributed by atoms with E-state index in [0.717, 1.165) is 11.4 Å². The van der Waals surface area contributed by atoms with E-state index in [0.29, 0.717) is 17.1 Å². The van der Waals surface area contributed by atoms with E-state index < -0.39 is 0 Å². The van der Waals surface area contributed by atoms with Gasteiger partial charge in [-0.25, -0.2) is 0 Å². The van der Waals surface area contributed by atoms with Crippen LogP contribution in [0.25, 0.3) is 0 Å². The van der Waals surface area contributed by atoms with Crippen LogP contribution in [-0.4, -0.2) is 59.7 Å². The minimum absolute atomic E-state index is 0.0463. The summed E-state index contributed by atoms with van der Waals surface area (Å²) >= 11 is 1.25. The molecule has 0 aromatic rings. The van der Waals surface area contributed by atoms with E-state index in [1.165, 1.54) is 31.0 Å². The number of nitrogens with zero attached hydrogens (tertiary/aromatic N) is 1. The second-order valence-corrected chi connectivity index (χ2v) is 7.44. The van der Waals surface area contributed by atoms with Crippen molar-refractivity contribution in [3.63, 3.8) is 0 Å². The minimum atomic E-state index is -0.297. The first-order valence-corrected chi connectivity index (χ1v) is 9.70. The van der Waals surface area contributed by atoms with Crippen LogP contribution in [0.3, 0.4) is 0 Å². The fourth-order valence-electron chi connectivity index (χ4n) is 2.62. The SMILES string of the molecule is CC1=C(C)C(=O)N(CCNC(=O)CSCC(=O)NCC2CCC2)C1=O. The second-order valence-electron chi connectivity index (χ2n) is 6.46. The van der Waals surface area contributed by atoms with Gasteiger partial charge in [-0.3, -0.25) is 24.1 Å². The lowest BCUT2D eigenvalue weighted by Crippen LogP contribution is -2.39. The van der Waals surface area contributed by atoms with Crippen LogP contribution in [-0.2, 0) is 19.2 Å². The van der Waals surface area contributed by atoms with Gasteiger partial charge in [0.05, 0.1) is 11.5 Å². The number of carbonyl (C=O) groups excluding carboxylic acids is 4. The average Bonchev–Trinajstić information content (AvgIpc) is 2.71. The summed E-state index contributed by atoms with van der Waals surface area (Å²) in [7, 11) is 0. The third-order valence-electron chi connectivity index (χ3n) is 4.63. The van der Waals surface area contributed by atoms with E-state index in [1.807, 2.05) is 0 Å². The maximum Gasteiger partial charge on any atom is 0.256 e. The zero-order chi connectivity index (χ0) is 18.4. The van der Waals surface area contributed by atoms with Crippen molar-refractivity contribution in [3.05, 3.63) is 11.1 Å². The number of hydrogen-bond acceptors (Lipinski definition) is 5. The van der Waals surface area contributed by atoms with Gasteiger partial charge in [-0.1, -0.05) is 6.42 Å². The lowest BCUT2D eigenvalue weighted by molar-refractivity contribution is -0.138. The molecular weight excluding hydrogens is 342 g/mol. The number of amides is 4. The van der Waals surface area contributed by atoms with Gasteiger partial charge in [0.1, 0.15) is 0 Å². The standard InChI is InChI=1S/C17H25N3O4S/c1-11-12(2)17(24)20(16(11)23)7-6-18-14(21)9-25-10-15(22)19-8-13-4-3-5-13/h13H,3-10H2,1-2H3,(H,18,21)(H,19,22). The van der Waals surface area contributed by atoms with Crippen LogP contribution < -0.4 is 10.6 Å². The van der Waals surface area contributed by atoms with E-state index in [4.69, 9.17) is 0 Å². The molecule has 1 fully saturated rings. The predicted octanol–water partition coefficient (Wildman–Crippen LogP) is 0.457. The van der Waals surface area contributed by atoms with Gasteiger partial charge >= 0.3 is 0 Å². The predicted molar refractivity (Wildman–Crippen MR) is 95.8 cm³/mol. The summed E-state index contributed by atoms with van der Waals surface area (Å²) < 4.78 is 0. The molecule has 2 N–H and O–H groups in total.